The van der Waals surface area contributed by atoms with E-state index in [2.05, 4.69) is 10.0 Å². The Labute approximate surface area is 139 Å². The molecule has 6 nitrogen and oxygen atoms in total. The Hall–Kier alpha value is -2.76. The maximum atomic E-state index is 14.2. The molecular weight excluding hydrogens is 311 g/mol. The lowest BCUT2D eigenvalue weighted by Crippen LogP contribution is -2.22. The summed E-state index contributed by atoms with van der Waals surface area (Å²) in [5.74, 6) is -0.199. The van der Waals surface area contributed by atoms with Gasteiger partial charge in [0.05, 0.1) is 12.6 Å². The van der Waals surface area contributed by atoms with Gasteiger partial charge in [-0.1, -0.05) is 35.4 Å². The fraction of sp³-hybridized carbons (Fsp3) is 0.294. The fourth-order valence-electron chi connectivity index (χ4n) is 2.50. The highest BCUT2D eigenvalue weighted by atomic mass is 19.1. The maximum Gasteiger partial charge on any atom is 0.167 e. The minimum Gasteiger partial charge on any atom is -0.486 e. The quantitative estimate of drug-likeness (QED) is 0.459. The van der Waals surface area contributed by atoms with Crippen molar-refractivity contribution in [1.82, 2.24) is 0 Å². The monoisotopic (exact) mass is 328 g/mol. The first-order chi connectivity index (χ1) is 11.8. The molecule has 0 saturated carbocycles. The van der Waals surface area contributed by atoms with Crippen molar-refractivity contribution in [2.45, 2.75) is 12.7 Å². The molecule has 1 saturated heterocycles. The summed E-state index contributed by atoms with van der Waals surface area (Å²) in [6.45, 7) is 1.49. The van der Waals surface area contributed by atoms with Crippen LogP contribution in [0.3, 0.4) is 0 Å². The Morgan fingerprint density at radius 1 is 1.29 bits per heavy atom. The van der Waals surface area contributed by atoms with Gasteiger partial charge in [0.25, 0.3) is 0 Å². The summed E-state index contributed by atoms with van der Waals surface area (Å²) >= 11 is 0. The third-order valence-corrected chi connectivity index (χ3v) is 3.76. The van der Waals surface area contributed by atoms with Gasteiger partial charge in [0.1, 0.15) is 13.3 Å². The van der Waals surface area contributed by atoms with E-state index in [1.807, 2.05) is 35.2 Å². The summed E-state index contributed by atoms with van der Waals surface area (Å²) in [5, 5.41) is 3.50. The maximum absolute atomic E-state index is 14.2. The molecule has 0 aromatic heterocycles. The predicted octanol–water partition coefficient (Wildman–Crippen LogP) is 3.88. The molecule has 0 amide bonds. The number of azide groups is 1. The van der Waals surface area contributed by atoms with Crippen molar-refractivity contribution in [3.8, 4) is 5.75 Å². The highest BCUT2D eigenvalue weighted by Gasteiger charge is 2.23. The topological polar surface area (TPSA) is 70.5 Å². The molecule has 2 aromatic rings. The van der Waals surface area contributed by atoms with Gasteiger partial charge in [0.2, 0.25) is 0 Å². The van der Waals surface area contributed by atoms with E-state index in [9.17, 15) is 4.39 Å². The van der Waals surface area contributed by atoms with Crippen LogP contribution >= 0.6 is 0 Å². The van der Waals surface area contributed by atoms with Crippen molar-refractivity contribution in [2.75, 3.05) is 24.7 Å². The average molecular weight is 328 g/mol. The van der Waals surface area contributed by atoms with Gasteiger partial charge in [0, 0.05) is 23.2 Å². The lowest BCUT2D eigenvalue weighted by atomic mass is 10.2. The summed E-state index contributed by atoms with van der Waals surface area (Å²) < 4.78 is 25.3. The number of rotatable bonds is 6. The van der Waals surface area contributed by atoms with Gasteiger partial charge in [-0.15, -0.1) is 0 Å². The van der Waals surface area contributed by atoms with Crippen LogP contribution in [0.1, 0.15) is 5.56 Å². The van der Waals surface area contributed by atoms with Gasteiger partial charge in [-0.05, 0) is 23.2 Å². The van der Waals surface area contributed by atoms with Crippen LogP contribution in [0.4, 0.5) is 10.1 Å². The van der Waals surface area contributed by atoms with E-state index in [-0.39, 0.29) is 18.4 Å². The zero-order valence-electron chi connectivity index (χ0n) is 13.0. The number of nitrogens with zero attached hydrogens (tertiary/aromatic N) is 4. The normalized spacial score (nSPS) is 16.7. The van der Waals surface area contributed by atoms with Crippen molar-refractivity contribution < 1.29 is 13.9 Å². The Balaban J connectivity index is 1.61. The molecule has 0 spiro atoms. The number of ether oxygens (including phenoxy) is 2. The minimum absolute atomic E-state index is 0.169. The Morgan fingerprint density at radius 3 is 2.88 bits per heavy atom. The van der Waals surface area contributed by atoms with Gasteiger partial charge >= 0.3 is 0 Å². The lowest BCUT2D eigenvalue weighted by molar-refractivity contribution is 0.122. The van der Waals surface area contributed by atoms with Crippen molar-refractivity contribution in [3.63, 3.8) is 0 Å². The molecule has 24 heavy (non-hydrogen) atoms. The van der Waals surface area contributed by atoms with Crippen LogP contribution in [0.2, 0.25) is 0 Å². The Morgan fingerprint density at radius 2 is 2.12 bits per heavy atom. The first-order valence-electron chi connectivity index (χ1n) is 7.60. The molecule has 1 aliphatic rings. The molecule has 1 heterocycles. The van der Waals surface area contributed by atoms with Crippen molar-refractivity contribution in [3.05, 3.63) is 70.4 Å². The Kier molecular flexibility index (Phi) is 5.15. The van der Waals surface area contributed by atoms with Crippen molar-refractivity contribution in [2.24, 2.45) is 5.11 Å². The second kappa shape index (κ2) is 7.68. The summed E-state index contributed by atoms with van der Waals surface area (Å²) in [7, 11) is 0. The molecule has 0 radical (unpaired) electrons. The lowest BCUT2D eigenvalue weighted by Gasteiger charge is -2.17. The standard InChI is InChI=1S/C17H17FN4O2/c18-16-8-14(22-10-15(24-12-22)9-20-21-19)6-7-17(16)23-11-13-4-2-1-3-5-13/h1-8,15H,9-12H2/t15-/m1/s1. The van der Waals surface area contributed by atoms with E-state index < -0.39 is 5.82 Å². The molecule has 7 heteroatoms. The van der Waals surface area contributed by atoms with E-state index in [4.69, 9.17) is 15.0 Å². The predicted molar refractivity (Wildman–Crippen MR) is 88.3 cm³/mol. The first kappa shape index (κ1) is 16.1. The van der Waals surface area contributed by atoms with Crippen LogP contribution in [0.15, 0.2) is 53.6 Å². The van der Waals surface area contributed by atoms with Gasteiger partial charge in [-0.3, -0.25) is 0 Å². The third kappa shape index (κ3) is 3.95. The molecule has 3 rings (SSSR count). The van der Waals surface area contributed by atoms with Crippen LogP contribution in [-0.2, 0) is 11.3 Å². The highest BCUT2D eigenvalue weighted by Crippen LogP contribution is 2.26. The van der Waals surface area contributed by atoms with E-state index in [0.29, 0.717) is 25.6 Å². The SMILES string of the molecule is [N-]=[N+]=NC[C@@H]1CN(c2ccc(OCc3ccccc3)c(F)c2)CO1. The molecule has 1 fully saturated rings. The van der Waals surface area contributed by atoms with Crippen LogP contribution in [0, 0.1) is 5.82 Å². The average Bonchev–Trinajstić information content (AvgIpc) is 3.09. The van der Waals surface area contributed by atoms with Crippen LogP contribution in [-0.4, -0.2) is 25.9 Å². The van der Waals surface area contributed by atoms with E-state index >= 15 is 0 Å². The second-order valence-corrected chi connectivity index (χ2v) is 5.44. The smallest absolute Gasteiger partial charge is 0.167 e. The third-order valence-electron chi connectivity index (χ3n) is 3.76. The Bertz CT molecular complexity index is 735. The van der Waals surface area contributed by atoms with Crippen molar-refractivity contribution >= 4 is 5.69 Å². The molecule has 1 atom stereocenters. The van der Waals surface area contributed by atoms with Gasteiger partial charge in [0.15, 0.2) is 11.6 Å². The molecule has 2 aromatic carbocycles. The van der Waals surface area contributed by atoms with Crippen LogP contribution in [0.25, 0.3) is 10.4 Å². The number of benzene rings is 2. The zero-order chi connectivity index (χ0) is 16.8. The van der Waals surface area contributed by atoms with Crippen molar-refractivity contribution in [1.29, 1.82) is 0 Å². The summed E-state index contributed by atoms with van der Waals surface area (Å²) in [6.07, 6.45) is -0.169. The largest absolute Gasteiger partial charge is 0.486 e. The summed E-state index contributed by atoms with van der Waals surface area (Å²) in [6, 6.07) is 14.5. The second-order valence-electron chi connectivity index (χ2n) is 5.44. The number of anilines is 1. The minimum atomic E-state index is -0.415. The van der Waals surface area contributed by atoms with Gasteiger partial charge in [-0.25, -0.2) is 4.39 Å². The first-order valence-corrected chi connectivity index (χ1v) is 7.60. The molecule has 0 aliphatic carbocycles. The highest BCUT2D eigenvalue weighted by molar-refractivity contribution is 5.50. The van der Waals surface area contributed by atoms with Crippen LogP contribution < -0.4 is 9.64 Å². The van der Waals surface area contributed by atoms with E-state index in [1.165, 1.54) is 6.07 Å². The summed E-state index contributed by atoms with van der Waals surface area (Å²) in [4.78, 5) is 4.61. The zero-order valence-corrected chi connectivity index (χ0v) is 13.0. The molecular formula is C17H17FN4O2. The molecule has 0 N–H and O–H groups in total. The summed E-state index contributed by atoms with van der Waals surface area (Å²) in [5.41, 5.74) is 10.0. The van der Waals surface area contributed by atoms with E-state index in [0.717, 1.165) is 5.56 Å². The molecule has 1 aliphatic heterocycles. The number of halogens is 1. The fourth-order valence-corrected chi connectivity index (χ4v) is 2.50. The number of hydrogen-bond donors (Lipinski definition) is 0. The molecule has 0 unspecified atom stereocenters. The van der Waals surface area contributed by atoms with E-state index in [1.54, 1.807) is 12.1 Å². The number of hydrogen-bond acceptors (Lipinski definition) is 4. The molecule has 0 bridgehead atoms. The van der Waals surface area contributed by atoms with Gasteiger partial charge in [-0.2, -0.15) is 0 Å². The van der Waals surface area contributed by atoms with Crippen LogP contribution in [0.5, 0.6) is 5.75 Å². The molecule has 124 valence electrons. The van der Waals surface area contributed by atoms with Gasteiger partial charge < -0.3 is 14.4 Å².